The molecule has 0 aliphatic rings. The fraction of sp³-hybridized carbons (Fsp3) is 0.333. The predicted molar refractivity (Wildman–Crippen MR) is 102 cm³/mol. The van der Waals surface area contributed by atoms with Gasteiger partial charge in [-0.3, -0.25) is 0 Å². The quantitative estimate of drug-likeness (QED) is 0.563. The molecule has 0 aliphatic heterocycles. The molecule has 0 aromatic heterocycles. The molecule has 0 heterocycles. The van der Waals surface area contributed by atoms with E-state index in [0.29, 0.717) is 12.2 Å². The van der Waals surface area contributed by atoms with Crippen molar-refractivity contribution < 1.29 is 9.13 Å². The summed E-state index contributed by atoms with van der Waals surface area (Å²) in [5.41, 5.74) is 1.66. The Balaban J connectivity index is 0.000000868. The molecule has 2 rings (SSSR count). The Labute approximate surface area is 140 Å². The highest BCUT2D eigenvalue weighted by molar-refractivity contribution is 5.94. The normalized spacial score (nSPS) is 9.13. The molecular weight excluding hydrogens is 287 g/mol. The molecule has 23 heavy (non-hydrogen) atoms. The number of hydrogen-bond donors (Lipinski definition) is 0. The van der Waals surface area contributed by atoms with Crippen LogP contribution >= 0.6 is 0 Å². The van der Waals surface area contributed by atoms with E-state index in [-0.39, 0.29) is 5.82 Å². The number of rotatable bonds is 4. The average molecular weight is 316 g/mol. The Hall–Kier alpha value is -2.09. The smallest absolute Gasteiger partial charge is 0.131 e. The molecule has 0 amide bonds. The number of benzene rings is 2. The first kappa shape index (κ1) is 20.9. The van der Waals surface area contributed by atoms with Crippen LogP contribution in [0.25, 0.3) is 16.8 Å². The first-order chi connectivity index (χ1) is 11.1. The Morgan fingerprint density at radius 3 is 2.22 bits per heavy atom. The van der Waals surface area contributed by atoms with Crippen LogP contribution in [0.15, 0.2) is 43.5 Å². The highest BCUT2D eigenvalue weighted by Crippen LogP contribution is 2.31. The summed E-state index contributed by atoms with van der Waals surface area (Å²) in [4.78, 5) is 0. The first-order valence-electron chi connectivity index (χ1n) is 8.20. The lowest BCUT2D eigenvalue weighted by molar-refractivity contribution is 0.340. The molecule has 0 atom stereocenters. The van der Waals surface area contributed by atoms with Gasteiger partial charge in [-0.25, -0.2) is 4.39 Å². The van der Waals surface area contributed by atoms with Crippen LogP contribution in [0.1, 0.15) is 45.7 Å². The van der Waals surface area contributed by atoms with Crippen molar-refractivity contribution in [3.63, 3.8) is 0 Å². The van der Waals surface area contributed by atoms with Gasteiger partial charge in [0, 0.05) is 5.56 Å². The van der Waals surface area contributed by atoms with Crippen molar-refractivity contribution >= 4 is 16.8 Å². The third-order valence-electron chi connectivity index (χ3n) is 3.06. The Kier molecular flexibility index (Phi) is 10.4. The molecule has 1 nitrogen and oxygen atoms in total. The molecule has 0 spiro atoms. The van der Waals surface area contributed by atoms with Gasteiger partial charge in [-0.2, -0.15) is 0 Å². The lowest BCUT2D eigenvalue weighted by Crippen LogP contribution is -1.96. The molecule has 2 aromatic rings. The number of halogens is 1. The first-order valence-corrected chi connectivity index (χ1v) is 8.20. The molecule has 2 heteroatoms. The van der Waals surface area contributed by atoms with Crippen molar-refractivity contribution in [3.05, 3.63) is 60.4 Å². The Morgan fingerprint density at radius 2 is 1.74 bits per heavy atom. The van der Waals surface area contributed by atoms with Crippen LogP contribution in [-0.4, -0.2) is 6.61 Å². The fourth-order valence-corrected chi connectivity index (χ4v) is 2.26. The number of ether oxygens (including phenoxy) is 1. The lowest BCUT2D eigenvalue weighted by atomic mass is 9.97. The van der Waals surface area contributed by atoms with E-state index in [2.05, 4.69) is 20.1 Å². The SMILES string of the molecule is C=CC.C=Cc1c(F)ccc2cc(OCC)cc(CC)c12.CC. The van der Waals surface area contributed by atoms with Crippen LogP contribution in [-0.2, 0) is 6.42 Å². The van der Waals surface area contributed by atoms with E-state index in [1.807, 2.05) is 39.8 Å². The van der Waals surface area contributed by atoms with Crippen LogP contribution in [0.2, 0.25) is 0 Å². The molecule has 0 bridgehead atoms. The highest BCUT2D eigenvalue weighted by Gasteiger charge is 2.10. The summed E-state index contributed by atoms with van der Waals surface area (Å²) in [6, 6.07) is 7.20. The van der Waals surface area contributed by atoms with Gasteiger partial charge in [0.15, 0.2) is 0 Å². The van der Waals surface area contributed by atoms with Crippen molar-refractivity contribution in [1.82, 2.24) is 0 Å². The van der Waals surface area contributed by atoms with E-state index >= 15 is 0 Å². The zero-order chi connectivity index (χ0) is 17.8. The molecule has 2 aromatic carbocycles. The second-order valence-corrected chi connectivity index (χ2v) is 4.54. The summed E-state index contributed by atoms with van der Waals surface area (Å²) in [7, 11) is 0. The topological polar surface area (TPSA) is 9.23 Å². The van der Waals surface area contributed by atoms with E-state index in [1.54, 1.807) is 18.2 Å². The Morgan fingerprint density at radius 1 is 1.13 bits per heavy atom. The monoisotopic (exact) mass is 316 g/mol. The van der Waals surface area contributed by atoms with E-state index in [1.165, 1.54) is 6.07 Å². The maximum Gasteiger partial charge on any atom is 0.131 e. The van der Waals surface area contributed by atoms with Gasteiger partial charge < -0.3 is 4.74 Å². The van der Waals surface area contributed by atoms with Crippen LogP contribution in [0.5, 0.6) is 5.75 Å². The van der Waals surface area contributed by atoms with Crippen LogP contribution in [0, 0.1) is 5.82 Å². The summed E-state index contributed by atoms with van der Waals surface area (Å²) in [5, 5.41) is 1.94. The molecule has 0 saturated heterocycles. The summed E-state index contributed by atoms with van der Waals surface area (Å²) >= 11 is 0. The molecule has 126 valence electrons. The number of fused-ring (bicyclic) bond motifs is 1. The molecule has 0 fully saturated rings. The van der Waals surface area contributed by atoms with E-state index < -0.39 is 0 Å². The third-order valence-corrected chi connectivity index (χ3v) is 3.06. The maximum atomic E-state index is 13.8. The molecule has 0 saturated carbocycles. The van der Waals surface area contributed by atoms with Crippen molar-refractivity contribution in [2.24, 2.45) is 0 Å². The minimum Gasteiger partial charge on any atom is -0.494 e. The van der Waals surface area contributed by atoms with Gasteiger partial charge in [-0.05, 0) is 54.8 Å². The van der Waals surface area contributed by atoms with Gasteiger partial charge in [0.05, 0.1) is 6.61 Å². The van der Waals surface area contributed by atoms with Gasteiger partial charge in [-0.1, -0.05) is 45.6 Å². The van der Waals surface area contributed by atoms with Crippen LogP contribution in [0.3, 0.4) is 0 Å². The van der Waals surface area contributed by atoms with Crippen molar-refractivity contribution in [3.8, 4) is 5.75 Å². The minimum absolute atomic E-state index is 0.226. The maximum absolute atomic E-state index is 13.8. The largest absolute Gasteiger partial charge is 0.494 e. The standard InChI is InChI=1S/C16H17FO.C3H6.C2H6/c1-4-11-9-13(18-6-3)10-12-7-8-15(17)14(5-2)16(11)12;1-3-2;1-2/h5,7-10H,2,4,6H2,1,3H3;3H,1H2,2H3;1-2H3. The zero-order valence-corrected chi connectivity index (χ0v) is 15.1. The van der Waals surface area contributed by atoms with Gasteiger partial charge in [0.1, 0.15) is 11.6 Å². The van der Waals surface area contributed by atoms with Gasteiger partial charge >= 0.3 is 0 Å². The third kappa shape index (κ3) is 5.55. The molecule has 0 aliphatic carbocycles. The molecule has 0 N–H and O–H groups in total. The summed E-state index contributed by atoms with van der Waals surface area (Å²) in [6.45, 7) is 17.6. The van der Waals surface area contributed by atoms with Crippen molar-refractivity contribution in [2.75, 3.05) is 6.61 Å². The molecular formula is C21H29FO. The summed E-state index contributed by atoms with van der Waals surface area (Å²) in [6.07, 6.45) is 4.17. The molecule has 0 radical (unpaired) electrons. The zero-order valence-electron chi connectivity index (χ0n) is 15.1. The lowest BCUT2D eigenvalue weighted by Gasteiger charge is -2.12. The Bertz CT molecular complexity index is 629. The van der Waals surface area contributed by atoms with Gasteiger partial charge in [-0.15, -0.1) is 6.58 Å². The van der Waals surface area contributed by atoms with Crippen LogP contribution in [0.4, 0.5) is 4.39 Å². The highest BCUT2D eigenvalue weighted by atomic mass is 19.1. The number of allylic oxidation sites excluding steroid dienone is 1. The second kappa shape index (κ2) is 11.5. The molecule has 0 unspecified atom stereocenters. The van der Waals surface area contributed by atoms with E-state index in [0.717, 1.165) is 28.5 Å². The van der Waals surface area contributed by atoms with Gasteiger partial charge in [0.25, 0.3) is 0 Å². The fourth-order valence-electron chi connectivity index (χ4n) is 2.26. The second-order valence-electron chi connectivity index (χ2n) is 4.54. The summed E-state index contributed by atoms with van der Waals surface area (Å²) < 4.78 is 19.3. The van der Waals surface area contributed by atoms with E-state index in [4.69, 9.17) is 4.74 Å². The minimum atomic E-state index is -0.226. The van der Waals surface area contributed by atoms with Crippen LogP contribution < -0.4 is 4.74 Å². The number of hydrogen-bond acceptors (Lipinski definition) is 1. The van der Waals surface area contributed by atoms with Gasteiger partial charge in [0.2, 0.25) is 0 Å². The number of aryl methyl sites for hydroxylation is 1. The van der Waals surface area contributed by atoms with Crippen molar-refractivity contribution in [2.45, 2.75) is 41.0 Å². The summed E-state index contributed by atoms with van der Waals surface area (Å²) in [5.74, 6) is 0.611. The van der Waals surface area contributed by atoms with E-state index in [9.17, 15) is 4.39 Å². The predicted octanol–water partition coefficient (Wildman–Crippen LogP) is 6.80. The average Bonchev–Trinajstić information content (AvgIpc) is 2.57. The van der Waals surface area contributed by atoms with Crippen molar-refractivity contribution in [1.29, 1.82) is 0 Å².